The van der Waals surface area contributed by atoms with Crippen LogP contribution in [0.4, 0.5) is 5.69 Å². The number of nitrogens with one attached hydrogen (secondary N) is 1. The molecule has 1 rings (SSSR count). The van der Waals surface area contributed by atoms with Gasteiger partial charge in [0.1, 0.15) is 0 Å². The second-order valence-electron chi connectivity index (χ2n) is 2.73. The molecule has 5 heteroatoms. The molecule has 0 heterocycles. The third-order valence-electron chi connectivity index (χ3n) is 1.69. The first kappa shape index (κ1) is 12.1. The van der Waals surface area contributed by atoms with Crippen LogP contribution in [0.2, 0.25) is 10.0 Å². The Kier molecular flexibility index (Phi) is 5.02. The second kappa shape index (κ2) is 5.81. The number of hydrogen-bond acceptors (Lipinski definition) is 2. The molecule has 2 nitrogen and oxygen atoms in total. The third-order valence-corrected chi connectivity index (χ3v) is 3.46. The highest BCUT2D eigenvalue weighted by molar-refractivity contribution is 9.10. The van der Waals surface area contributed by atoms with E-state index >= 15 is 0 Å². The molecule has 0 saturated heterocycles. The van der Waals surface area contributed by atoms with Crippen LogP contribution in [0.3, 0.4) is 0 Å². The van der Waals surface area contributed by atoms with Gasteiger partial charge in [0.2, 0.25) is 0 Å². The van der Waals surface area contributed by atoms with Gasteiger partial charge in [-0.3, -0.25) is 0 Å². The molecule has 0 aliphatic carbocycles. The quantitative estimate of drug-likeness (QED) is 0.658. The van der Waals surface area contributed by atoms with E-state index in [4.69, 9.17) is 28.3 Å². The minimum absolute atomic E-state index is 0.162. The minimum atomic E-state index is 0.162. The predicted molar refractivity (Wildman–Crippen MR) is 64.4 cm³/mol. The molecule has 0 fully saturated rings. The van der Waals surface area contributed by atoms with Gasteiger partial charge in [-0.25, -0.2) is 0 Å². The molecule has 0 aliphatic rings. The van der Waals surface area contributed by atoms with E-state index in [1.165, 1.54) is 0 Å². The Morgan fingerprint density at radius 1 is 1.29 bits per heavy atom. The van der Waals surface area contributed by atoms with E-state index in [0.717, 1.165) is 10.2 Å². The van der Waals surface area contributed by atoms with Crippen LogP contribution in [-0.4, -0.2) is 18.3 Å². The van der Waals surface area contributed by atoms with Crippen molar-refractivity contribution in [2.24, 2.45) is 0 Å². The van der Waals surface area contributed by atoms with Crippen LogP contribution < -0.4 is 5.32 Å². The zero-order valence-corrected chi connectivity index (χ0v) is 10.5. The van der Waals surface area contributed by atoms with Crippen LogP contribution in [0.15, 0.2) is 16.6 Å². The Labute approximate surface area is 101 Å². The number of aliphatic hydroxyl groups is 1. The summed E-state index contributed by atoms with van der Waals surface area (Å²) in [5, 5.41) is 12.7. The van der Waals surface area contributed by atoms with Gasteiger partial charge in [0.25, 0.3) is 0 Å². The number of anilines is 1. The van der Waals surface area contributed by atoms with E-state index in [-0.39, 0.29) is 6.61 Å². The molecule has 1 aromatic rings. The fourth-order valence-electron chi connectivity index (χ4n) is 0.965. The van der Waals surface area contributed by atoms with Crippen molar-refractivity contribution in [3.63, 3.8) is 0 Å². The van der Waals surface area contributed by atoms with Gasteiger partial charge in [0.15, 0.2) is 0 Å². The number of halogens is 3. The van der Waals surface area contributed by atoms with E-state index in [2.05, 4.69) is 21.2 Å². The molecule has 0 aliphatic heterocycles. The zero-order valence-electron chi connectivity index (χ0n) is 7.36. The van der Waals surface area contributed by atoms with Gasteiger partial charge in [-0.15, -0.1) is 0 Å². The van der Waals surface area contributed by atoms with Gasteiger partial charge in [0, 0.05) is 17.6 Å². The highest BCUT2D eigenvalue weighted by atomic mass is 79.9. The third kappa shape index (κ3) is 3.02. The first-order valence-corrected chi connectivity index (χ1v) is 5.70. The lowest BCUT2D eigenvalue weighted by Gasteiger charge is -2.09. The van der Waals surface area contributed by atoms with Crippen LogP contribution in [-0.2, 0) is 0 Å². The summed E-state index contributed by atoms with van der Waals surface area (Å²) in [5.74, 6) is 0. The molecule has 0 spiro atoms. The molecule has 0 bridgehead atoms. The maximum absolute atomic E-state index is 8.61. The maximum Gasteiger partial charge on any atom is 0.0835 e. The average Bonchev–Trinajstić information content (AvgIpc) is 2.18. The van der Waals surface area contributed by atoms with E-state index in [0.29, 0.717) is 23.0 Å². The Morgan fingerprint density at radius 2 is 2.00 bits per heavy atom. The van der Waals surface area contributed by atoms with Crippen LogP contribution in [0, 0.1) is 0 Å². The Morgan fingerprint density at radius 3 is 2.64 bits per heavy atom. The first-order valence-electron chi connectivity index (χ1n) is 4.15. The van der Waals surface area contributed by atoms with Crippen LogP contribution >= 0.6 is 39.1 Å². The summed E-state index contributed by atoms with van der Waals surface area (Å²) in [6, 6.07) is 3.67. The van der Waals surface area contributed by atoms with Crippen molar-refractivity contribution in [2.45, 2.75) is 6.42 Å². The lowest BCUT2D eigenvalue weighted by molar-refractivity contribution is 0.292. The van der Waals surface area contributed by atoms with Gasteiger partial charge in [-0.1, -0.05) is 23.2 Å². The standard InChI is InChI=1S/C9H10BrCl2NO/c10-6-2-3-7(9(12)8(6)11)13-4-1-5-14/h2-3,13-14H,1,4-5H2. The summed E-state index contributed by atoms with van der Waals surface area (Å²) in [6.07, 6.45) is 0.685. The van der Waals surface area contributed by atoms with Gasteiger partial charge in [-0.05, 0) is 34.5 Å². The lowest BCUT2D eigenvalue weighted by Crippen LogP contribution is -2.03. The Hall–Kier alpha value is 0.0400. The predicted octanol–water partition coefficient (Wildman–Crippen LogP) is 3.55. The molecule has 2 N–H and O–H groups in total. The molecule has 0 unspecified atom stereocenters. The summed E-state index contributed by atoms with van der Waals surface area (Å²) < 4.78 is 0.775. The van der Waals surface area contributed by atoms with Gasteiger partial charge in [-0.2, -0.15) is 0 Å². The topological polar surface area (TPSA) is 32.3 Å². The molecule has 0 radical (unpaired) electrons. The molecule has 78 valence electrons. The van der Waals surface area contributed by atoms with E-state index < -0.39 is 0 Å². The molecule has 1 aromatic carbocycles. The van der Waals surface area contributed by atoms with Crippen LogP contribution in [0.25, 0.3) is 0 Å². The largest absolute Gasteiger partial charge is 0.396 e. The molecule has 14 heavy (non-hydrogen) atoms. The molecule has 0 atom stereocenters. The van der Waals surface area contributed by atoms with Crippen molar-refractivity contribution in [2.75, 3.05) is 18.5 Å². The average molecular weight is 299 g/mol. The molecule has 0 aromatic heterocycles. The molecule has 0 amide bonds. The van der Waals surface area contributed by atoms with Crippen molar-refractivity contribution in [1.29, 1.82) is 0 Å². The molecular formula is C9H10BrCl2NO. The lowest BCUT2D eigenvalue weighted by atomic mass is 10.3. The van der Waals surface area contributed by atoms with E-state index in [9.17, 15) is 0 Å². The summed E-state index contributed by atoms with van der Waals surface area (Å²) >= 11 is 15.2. The summed E-state index contributed by atoms with van der Waals surface area (Å²) in [5.41, 5.74) is 0.785. The second-order valence-corrected chi connectivity index (χ2v) is 4.34. The number of aliphatic hydroxyl groups excluding tert-OH is 1. The van der Waals surface area contributed by atoms with Crippen molar-refractivity contribution in [1.82, 2.24) is 0 Å². The summed E-state index contributed by atoms with van der Waals surface area (Å²) in [6.45, 7) is 0.836. The first-order chi connectivity index (χ1) is 6.66. The van der Waals surface area contributed by atoms with E-state index in [1.54, 1.807) is 0 Å². The fraction of sp³-hybridized carbons (Fsp3) is 0.333. The highest BCUT2D eigenvalue weighted by Crippen LogP contribution is 2.35. The summed E-state index contributed by atoms with van der Waals surface area (Å²) in [4.78, 5) is 0. The number of rotatable bonds is 4. The Bertz CT molecular complexity index is 320. The zero-order chi connectivity index (χ0) is 10.6. The van der Waals surface area contributed by atoms with E-state index in [1.807, 2.05) is 12.1 Å². The number of hydrogen-bond donors (Lipinski definition) is 2. The minimum Gasteiger partial charge on any atom is -0.396 e. The smallest absolute Gasteiger partial charge is 0.0835 e. The van der Waals surface area contributed by atoms with Crippen molar-refractivity contribution < 1.29 is 5.11 Å². The van der Waals surface area contributed by atoms with Crippen molar-refractivity contribution in [3.05, 3.63) is 26.7 Å². The van der Waals surface area contributed by atoms with Crippen molar-refractivity contribution >= 4 is 44.8 Å². The SMILES string of the molecule is OCCCNc1ccc(Br)c(Cl)c1Cl. The van der Waals surface area contributed by atoms with Crippen LogP contribution in [0.1, 0.15) is 6.42 Å². The van der Waals surface area contributed by atoms with Crippen molar-refractivity contribution in [3.8, 4) is 0 Å². The monoisotopic (exact) mass is 297 g/mol. The van der Waals surface area contributed by atoms with Gasteiger partial charge in [0.05, 0.1) is 15.7 Å². The van der Waals surface area contributed by atoms with Gasteiger partial charge < -0.3 is 10.4 Å². The highest BCUT2D eigenvalue weighted by Gasteiger charge is 2.07. The Balaban J connectivity index is 2.73. The molecular weight excluding hydrogens is 289 g/mol. The fourth-order valence-corrected chi connectivity index (χ4v) is 1.81. The maximum atomic E-state index is 8.61. The van der Waals surface area contributed by atoms with Crippen LogP contribution in [0.5, 0.6) is 0 Å². The normalized spacial score (nSPS) is 10.3. The number of benzene rings is 1. The molecule has 0 saturated carbocycles. The summed E-state index contributed by atoms with van der Waals surface area (Å²) in [7, 11) is 0. The van der Waals surface area contributed by atoms with Gasteiger partial charge >= 0.3 is 0 Å².